The largest absolute Gasteiger partial charge is 0.493 e. The van der Waals surface area contributed by atoms with Gasteiger partial charge in [-0.25, -0.2) is 0 Å². The first-order valence-electron chi connectivity index (χ1n) is 8.87. The monoisotopic (exact) mass is 387 g/mol. The quantitative estimate of drug-likeness (QED) is 0.599. The number of rotatable bonds is 7. The van der Waals surface area contributed by atoms with Crippen molar-refractivity contribution < 1.29 is 14.3 Å². The molecule has 0 saturated carbocycles. The van der Waals surface area contributed by atoms with Crippen LogP contribution in [0.1, 0.15) is 37.9 Å². The van der Waals surface area contributed by atoms with Crippen LogP contribution in [0.3, 0.4) is 0 Å². The molecule has 0 bridgehead atoms. The van der Waals surface area contributed by atoms with Gasteiger partial charge in [0.05, 0.1) is 24.3 Å². The molecule has 0 aliphatic rings. The molecule has 0 spiro atoms. The van der Waals surface area contributed by atoms with Gasteiger partial charge in [0.1, 0.15) is 0 Å². The van der Waals surface area contributed by atoms with Crippen LogP contribution in [0.5, 0.6) is 11.5 Å². The zero-order chi connectivity index (χ0) is 20.0. The number of likely N-dealkylation sites (N-methyl/N-ethyl adjacent to an activating group) is 1. The Labute approximate surface area is 166 Å². The van der Waals surface area contributed by atoms with Crippen molar-refractivity contribution in [3.05, 3.63) is 64.7 Å². The molecule has 0 radical (unpaired) electrons. The number of carbonyl (C=O) groups excluding carboxylic acids is 1. The first-order chi connectivity index (χ1) is 12.8. The zero-order valence-corrected chi connectivity index (χ0v) is 17.2. The Kier molecular flexibility index (Phi) is 7.31. The highest BCUT2D eigenvalue weighted by Crippen LogP contribution is 2.37. The van der Waals surface area contributed by atoms with Crippen molar-refractivity contribution in [3.63, 3.8) is 0 Å². The van der Waals surface area contributed by atoms with Crippen LogP contribution in [-0.4, -0.2) is 31.1 Å². The minimum atomic E-state index is -0.0936. The van der Waals surface area contributed by atoms with Crippen LogP contribution >= 0.6 is 11.6 Å². The molecule has 5 heteroatoms. The van der Waals surface area contributed by atoms with E-state index in [9.17, 15) is 4.79 Å². The van der Waals surface area contributed by atoms with E-state index in [1.807, 2.05) is 51.1 Å². The maximum Gasteiger partial charge on any atom is 0.246 e. The molecular formula is C22H26ClNO3. The average Bonchev–Trinajstić information content (AvgIpc) is 2.66. The smallest absolute Gasteiger partial charge is 0.246 e. The Morgan fingerprint density at radius 1 is 1.15 bits per heavy atom. The van der Waals surface area contributed by atoms with E-state index in [4.69, 9.17) is 21.1 Å². The number of carbonyl (C=O) groups is 1. The van der Waals surface area contributed by atoms with Crippen LogP contribution < -0.4 is 9.47 Å². The molecule has 0 fully saturated rings. The van der Waals surface area contributed by atoms with Crippen molar-refractivity contribution in [2.45, 2.75) is 32.9 Å². The van der Waals surface area contributed by atoms with Crippen LogP contribution in [-0.2, 0) is 4.79 Å². The van der Waals surface area contributed by atoms with Crippen LogP contribution in [0, 0.1) is 0 Å². The second kappa shape index (κ2) is 9.47. The van der Waals surface area contributed by atoms with Gasteiger partial charge in [-0.2, -0.15) is 0 Å². The standard InChI is InChI=1S/C22H26ClNO3/c1-15(2)27-22-19(23)13-17(14-20(22)26-5)11-12-21(25)24(4)16(3)18-9-7-6-8-10-18/h6-16H,1-5H3/b12-11+. The normalized spacial score (nSPS) is 12.3. The molecule has 4 nitrogen and oxygen atoms in total. The average molecular weight is 388 g/mol. The molecule has 0 heterocycles. The molecule has 0 aliphatic carbocycles. The second-order valence-corrected chi connectivity index (χ2v) is 6.98. The third-order valence-electron chi connectivity index (χ3n) is 4.23. The number of amides is 1. The maximum absolute atomic E-state index is 12.5. The number of methoxy groups -OCH3 is 1. The van der Waals surface area contributed by atoms with Crippen molar-refractivity contribution in [2.24, 2.45) is 0 Å². The highest BCUT2D eigenvalue weighted by atomic mass is 35.5. The lowest BCUT2D eigenvalue weighted by molar-refractivity contribution is -0.126. The van der Waals surface area contributed by atoms with E-state index >= 15 is 0 Å². The topological polar surface area (TPSA) is 38.8 Å². The van der Waals surface area contributed by atoms with Crippen molar-refractivity contribution in [1.29, 1.82) is 0 Å². The van der Waals surface area contributed by atoms with E-state index in [-0.39, 0.29) is 18.1 Å². The fraction of sp³-hybridized carbons (Fsp3) is 0.318. The number of halogens is 1. The second-order valence-electron chi connectivity index (χ2n) is 6.57. The van der Waals surface area contributed by atoms with E-state index in [2.05, 4.69) is 0 Å². The summed E-state index contributed by atoms with van der Waals surface area (Å²) in [6, 6.07) is 13.4. The summed E-state index contributed by atoms with van der Waals surface area (Å²) in [4.78, 5) is 14.2. The Hall–Kier alpha value is -2.46. The molecule has 0 N–H and O–H groups in total. The van der Waals surface area contributed by atoms with Gasteiger partial charge < -0.3 is 14.4 Å². The van der Waals surface area contributed by atoms with Crippen molar-refractivity contribution in [3.8, 4) is 11.5 Å². The third-order valence-corrected chi connectivity index (χ3v) is 4.51. The molecule has 2 aromatic rings. The molecule has 0 saturated heterocycles. The third kappa shape index (κ3) is 5.51. The summed E-state index contributed by atoms with van der Waals surface area (Å²) in [6.07, 6.45) is 3.24. The molecule has 1 amide bonds. The van der Waals surface area contributed by atoms with E-state index in [1.165, 1.54) is 6.08 Å². The van der Waals surface area contributed by atoms with Gasteiger partial charge in [-0.05, 0) is 50.1 Å². The highest BCUT2D eigenvalue weighted by molar-refractivity contribution is 6.32. The lowest BCUT2D eigenvalue weighted by Crippen LogP contribution is -2.27. The molecule has 2 aromatic carbocycles. The Morgan fingerprint density at radius 2 is 1.81 bits per heavy atom. The predicted octanol–water partition coefficient (Wildman–Crippen LogP) is 5.37. The Balaban J connectivity index is 2.17. The van der Waals surface area contributed by atoms with Crippen LogP contribution in [0.25, 0.3) is 6.08 Å². The van der Waals surface area contributed by atoms with Gasteiger partial charge >= 0.3 is 0 Å². The summed E-state index contributed by atoms with van der Waals surface area (Å²) in [7, 11) is 3.35. The first kappa shape index (κ1) is 20.8. The minimum Gasteiger partial charge on any atom is -0.493 e. The lowest BCUT2D eigenvalue weighted by Gasteiger charge is -2.24. The number of nitrogens with zero attached hydrogens (tertiary/aromatic N) is 1. The van der Waals surface area contributed by atoms with Crippen molar-refractivity contribution >= 4 is 23.6 Å². The Morgan fingerprint density at radius 3 is 2.41 bits per heavy atom. The van der Waals surface area contributed by atoms with E-state index in [0.29, 0.717) is 16.5 Å². The van der Waals surface area contributed by atoms with E-state index in [1.54, 1.807) is 37.3 Å². The van der Waals surface area contributed by atoms with E-state index < -0.39 is 0 Å². The number of hydrogen-bond donors (Lipinski definition) is 0. The van der Waals surface area contributed by atoms with Crippen LogP contribution in [0.2, 0.25) is 5.02 Å². The molecule has 1 atom stereocenters. The number of benzene rings is 2. The minimum absolute atomic E-state index is 0.0208. The van der Waals surface area contributed by atoms with Gasteiger partial charge in [-0.3, -0.25) is 4.79 Å². The van der Waals surface area contributed by atoms with E-state index in [0.717, 1.165) is 11.1 Å². The first-order valence-corrected chi connectivity index (χ1v) is 9.25. The predicted molar refractivity (Wildman–Crippen MR) is 110 cm³/mol. The molecule has 0 aromatic heterocycles. The molecule has 27 heavy (non-hydrogen) atoms. The van der Waals surface area contributed by atoms with Gasteiger partial charge in [-0.1, -0.05) is 41.9 Å². The zero-order valence-electron chi connectivity index (χ0n) is 16.4. The summed E-state index contributed by atoms with van der Waals surface area (Å²) in [6.45, 7) is 5.84. The van der Waals surface area contributed by atoms with Gasteiger partial charge in [0.2, 0.25) is 5.91 Å². The maximum atomic E-state index is 12.5. The molecule has 144 valence electrons. The van der Waals surface area contributed by atoms with Crippen LogP contribution in [0.4, 0.5) is 0 Å². The summed E-state index contributed by atoms with van der Waals surface area (Å²) in [5.41, 5.74) is 1.85. The van der Waals surface area contributed by atoms with Gasteiger partial charge in [0.15, 0.2) is 11.5 Å². The van der Waals surface area contributed by atoms with Crippen molar-refractivity contribution in [1.82, 2.24) is 4.90 Å². The van der Waals surface area contributed by atoms with Crippen LogP contribution in [0.15, 0.2) is 48.5 Å². The van der Waals surface area contributed by atoms with Gasteiger partial charge in [0.25, 0.3) is 0 Å². The molecule has 0 aliphatic heterocycles. The number of ether oxygens (including phenoxy) is 2. The fourth-order valence-electron chi connectivity index (χ4n) is 2.62. The molecular weight excluding hydrogens is 362 g/mol. The van der Waals surface area contributed by atoms with Gasteiger partial charge in [0, 0.05) is 13.1 Å². The summed E-state index contributed by atoms with van der Waals surface area (Å²) >= 11 is 6.33. The summed E-state index contributed by atoms with van der Waals surface area (Å²) < 4.78 is 11.1. The Bertz CT molecular complexity index is 803. The fourth-order valence-corrected chi connectivity index (χ4v) is 2.88. The molecule has 2 rings (SSSR count). The summed E-state index contributed by atoms with van der Waals surface area (Å²) in [5, 5.41) is 0.446. The summed E-state index contributed by atoms with van der Waals surface area (Å²) in [5.74, 6) is 0.950. The molecule has 1 unspecified atom stereocenters. The van der Waals surface area contributed by atoms with Gasteiger partial charge in [-0.15, -0.1) is 0 Å². The lowest BCUT2D eigenvalue weighted by atomic mass is 10.1. The SMILES string of the molecule is COc1cc(/C=C/C(=O)N(C)C(C)c2ccccc2)cc(Cl)c1OC(C)C. The van der Waals surface area contributed by atoms with Crippen molar-refractivity contribution in [2.75, 3.05) is 14.2 Å². The highest BCUT2D eigenvalue weighted by Gasteiger charge is 2.16. The number of hydrogen-bond acceptors (Lipinski definition) is 3.